The third-order valence-electron chi connectivity index (χ3n) is 1.41. The van der Waals surface area contributed by atoms with Crippen molar-refractivity contribution in [3.8, 4) is 0 Å². The molecule has 13 heavy (non-hydrogen) atoms. The van der Waals surface area contributed by atoms with Gasteiger partial charge >= 0.3 is 6.03 Å². The van der Waals surface area contributed by atoms with Gasteiger partial charge in [-0.15, -0.1) is 5.10 Å². The number of rotatable bonds is 3. The van der Waals surface area contributed by atoms with Crippen molar-refractivity contribution in [1.82, 2.24) is 30.4 Å². The normalized spacial score (nSPS) is 9.69. The summed E-state index contributed by atoms with van der Waals surface area (Å²) < 4.78 is 1.55. The molecule has 0 aromatic carbocycles. The topological polar surface area (TPSA) is 75.9 Å². The number of amides is 2. The molecule has 1 aromatic rings. The van der Waals surface area contributed by atoms with Crippen LogP contribution in [0.5, 0.6) is 0 Å². The molecule has 0 bridgehead atoms. The van der Waals surface area contributed by atoms with Gasteiger partial charge in [0, 0.05) is 20.6 Å². The minimum absolute atomic E-state index is 0.118. The summed E-state index contributed by atoms with van der Waals surface area (Å²) in [5, 5.41) is 13.3. The number of hydrogen-bond acceptors (Lipinski definition) is 4. The van der Waals surface area contributed by atoms with Gasteiger partial charge < -0.3 is 10.2 Å². The second-order valence-electron chi connectivity index (χ2n) is 2.70. The van der Waals surface area contributed by atoms with Gasteiger partial charge in [-0.05, 0) is 10.4 Å². The summed E-state index contributed by atoms with van der Waals surface area (Å²) >= 11 is 0. The fraction of sp³-hybridized carbons (Fsp3) is 0.667. The zero-order chi connectivity index (χ0) is 9.68. The van der Waals surface area contributed by atoms with Crippen molar-refractivity contribution in [2.75, 3.05) is 20.6 Å². The molecular weight excluding hydrogens is 172 g/mol. The largest absolute Gasteiger partial charge is 0.336 e. The molecule has 0 radical (unpaired) electrons. The Labute approximate surface area is 75.7 Å². The van der Waals surface area contributed by atoms with Crippen LogP contribution in [0, 0.1) is 0 Å². The first-order valence-corrected chi connectivity index (χ1v) is 3.86. The van der Waals surface area contributed by atoms with Crippen LogP contribution in [0.25, 0.3) is 0 Å². The molecule has 7 heteroatoms. The van der Waals surface area contributed by atoms with Gasteiger partial charge in [0.1, 0.15) is 6.33 Å². The highest BCUT2D eigenvalue weighted by molar-refractivity contribution is 5.73. The Hall–Kier alpha value is -1.66. The van der Waals surface area contributed by atoms with E-state index in [0.29, 0.717) is 13.1 Å². The Morgan fingerprint density at radius 2 is 2.38 bits per heavy atom. The lowest BCUT2D eigenvalue weighted by molar-refractivity contribution is 0.217. The highest BCUT2D eigenvalue weighted by atomic mass is 16.2. The highest BCUT2D eigenvalue weighted by Gasteiger charge is 2.01. The molecule has 72 valence electrons. The minimum atomic E-state index is -0.118. The zero-order valence-electron chi connectivity index (χ0n) is 7.64. The van der Waals surface area contributed by atoms with E-state index in [1.807, 2.05) is 0 Å². The molecule has 1 rings (SSSR count). The lowest BCUT2D eigenvalue weighted by atomic mass is 10.6. The summed E-state index contributed by atoms with van der Waals surface area (Å²) in [7, 11) is 3.37. The fourth-order valence-corrected chi connectivity index (χ4v) is 0.718. The van der Waals surface area contributed by atoms with E-state index in [1.165, 1.54) is 11.2 Å². The van der Waals surface area contributed by atoms with E-state index in [9.17, 15) is 4.79 Å². The molecular formula is C6H12N6O. The molecule has 1 N–H and O–H groups in total. The minimum Gasteiger partial charge on any atom is -0.336 e. The van der Waals surface area contributed by atoms with Gasteiger partial charge in [-0.3, -0.25) is 0 Å². The molecule has 0 fully saturated rings. The van der Waals surface area contributed by atoms with Crippen molar-refractivity contribution in [2.45, 2.75) is 6.54 Å². The van der Waals surface area contributed by atoms with Crippen LogP contribution in [0.15, 0.2) is 6.33 Å². The van der Waals surface area contributed by atoms with E-state index in [2.05, 4.69) is 20.8 Å². The SMILES string of the molecule is CN(C)C(=O)NCCn1cnnn1. The number of nitrogens with one attached hydrogen (secondary N) is 1. The number of carbonyl (C=O) groups excluding carboxylic acids is 1. The standard InChI is InChI=1S/C6H12N6O/c1-11(2)6(13)7-3-4-12-5-8-9-10-12/h5H,3-4H2,1-2H3,(H,7,13). The summed E-state index contributed by atoms with van der Waals surface area (Å²) in [6.07, 6.45) is 1.50. The van der Waals surface area contributed by atoms with Crippen LogP contribution in [0.2, 0.25) is 0 Å². The Morgan fingerprint density at radius 3 is 2.92 bits per heavy atom. The number of hydrogen-bond donors (Lipinski definition) is 1. The molecule has 0 saturated heterocycles. The van der Waals surface area contributed by atoms with Gasteiger partial charge in [0.2, 0.25) is 0 Å². The molecule has 7 nitrogen and oxygen atoms in total. The summed E-state index contributed by atoms with van der Waals surface area (Å²) in [6.45, 7) is 1.09. The molecule has 0 spiro atoms. The molecule has 2 amide bonds. The Bertz CT molecular complexity index is 256. The number of nitrogens with zero attached hydrogens (tertiary/aromatic N) is 5. The number of urea groups is 1. The number of tetrazole rings is 1. The Kier molecular flexibility index (Phi) is 3.18. The van der Waals surface area contributed by atoms with E-state index >= 15 is 0 Å². The van der Waals surface area contributed by atoms with Crippen molar-refractivity contribution in [3.63, 3.8) is 0 Å². The summed E-state index contributed by atoms with van der Waals surface area (Å²) in [5.74, 6) is 0. The third-order valence-corrected chi connectivity index (χ3v) is 1.41. The first-order valence-electron chi connectivity index (χ1n) is 3.86. The van der Waals surface area contributed by atoms with Crippen LogP contribution in [0.4, 0.5) is 4.79 Å². The third kappa shape index (κ3) is 3.06. The average Bonchev–Trinajstić information content (AvgIpc) is 2.56. The first-order chi connectivity index (χ1) is 6.20. The van der Waals surface area contributed by atoms with Gasteiger partial charge in [0.05, 0.1) is 6.54 Å². The molecule has 0 aliphatic rings. The van der Waals surface area contributed by atoms with Crippen molar-refractivity contribution in [1.29, 1.82) is 0 Å². The average molecular weight is 184 g/mol. The van der Waals surface area contributed by atoms with Gasteiger partial charge in [-0.2, -0.15) is 0 Å². The molecule has 1 aromatic heterocycles. The second-order valence-corrected chi connectivity index (χ2v) is 2.70. The van der Waals surface area contributed by atoms with Crippen molar-refractivity contribution in [2.24, 2.45) is 0 Å². The van der Waals surface area contributed by atoms with E-state index in [-0.39, 0.29) is 6.03 Å². The predicted octanol–water partition coefficient (Wildman–Crippen LogP) is -1.06. The van der Waals surface area contributed by atoms with Crippen LogP contribution < -0.4 is 5.32 Å². The summed E-state index contributed by atoms with van der Waals surface area (Å²) in [4.78, 5) is 12.5. The maximum absolute atomic E-state index is 11.0. The molecule has 1 heterocycles. The van der Waals surface area contributed by atoms with Crippen LogP contribution >= 0.6 is 0 Å². The molecule has 0 aliphatic heterocycles. The second kappa shape index (κ2) is 4.39. The van der Waals surface area contributed by atoms with Crippen molar-refractivity contribution in [3.05, 3.63) is 6.33 Å². The van der Waals surface area contributed by atoms with E-state index < -0.39 is 0 Å². The van der Waals surface area contributed by atoms with Gasteiger partial charge in [0.15, 0.2) is 0 Å². The van der Waals surface area contributed by atoms with Crippen LogP contribution in [0.1, 0.15) is 0 Å². The molecule has 0 unspecified atom stereocenters. The lowest BCUT2D eigenvalue weighted by Crippen LogP contribution is -2.36. The number of carbonyl (C=O) groups is 1. The molecule has 0 aliphatic carbocycles. The van der Waals surface area contributed by atoms with Crippen LogP contribution in [-0.4, -0.2) is 51.8 Å². The Morgan fingerprint density at radius 1 is 1.62 bits per heavy atom. The highest BCUT2D eigenvalue weighted by Crippen LogP contribution is 1.79. The summed E-state index contributed by atoms with van der Waals surface area (Å²) in [5.41, 5.74) is 0. The van der Waals surface area contributed by atoms with Gasteiger partial charge in [-0.1, -0.05) is 0 Å². The quantitative estimate of drug-likeness (QED) is 0.650. The van der Waals surface area contributed by atoms with Gasteiger partial charge in [0.25, 0.3) is 0 Å². The summed E-state index contributed by atoms with van der Waals surface area (Å²) in [6, 6.07) is -0.118. The van der Waals surface area contributed by atoms with E-state index in [4.69, 9.17) is 0 Å². The first kappa shape index (κ1) is 9.43. The van der Waals surface area contributed by atoms with E-state index in [1.54, 1.807) is 18.8 Å². The monoisotopic (exact) mass is 184 g/mol. The smallest absolute Gasteiger partial charge is 0.316 e. The maximum atomic E-state index is 11.0. The van der Waals surface area contributed by atoms with Crippen LogP contribution in [0.3, 0.4) is 0 Å². The molecule has 0 atom stereocenters. The Balaban J connectivity index is 2.18. The molecule has 0 saturated carbocycles. The predicted molar refractivity (Wildman–Crippen MR) is 44.9 cm³/mol. The van der Waals surface area contributed by atoms with Crippen molar-refractivity contribution < 1.29 is 4.79 Å². The van der Waals surface area contributed by atoms with Gasteiger partial charge in [-0.25, -0.2) is 9.48 Å². The maximum Gasteiger partial charge on any atom is 0.316 e. The zero-order valence-corrected chi connectivity index (χ0v) is 7.64. The van der Waals surface area contributed by atoms with Crippen molar-refractivity contribution >= 4 is 6.03 Å². The lowest BCUT2D eigenvalue weighted by Gasteiger charge is -2.11. The van der Waals surface area contributed by atoms with E-state index in [0.717, 1.165) is 0 Å². The number of aromatic nitrogens is 4. The van der Waals surface area contributed by atoms with Crippen LogP contribution in [-0.2, 0) is 6.54 Å². The fourth-order valence-electron chi connectivity index (χ4n) is 0.718.